The van der Waals surface area contributed by atoms with Gasteiger partial charge < -0.3 is 19.7 Å². The number of hydrogen-bond donors (Lipinski definition) is 2. The fourth-order valence-corrected chi connectivity index (χ4v) is 8.57. The number of hydrogen-bond acceptors (Lipinski definition) is 4. The first kappa shape index (κ1) is 35.5. The summed E-state index contributed by atoms with van der Waals surface area (Å²) < 4.78 is 11.6. The highest BCUT2D eigenvalue weighted by atomic mass is 16.5. The third kappa shape index (κ3) is 6.21. The number of fused-ring (bicyclic) bond motifs is 5. The van der Waals surface area contributed by atoms with Gasteiger partial charge in [-0.15, -0.1) is 0 Å². The monoisotopic (exact) mass is 732 g/mol. The van der Waals surface area contributed by atoms with Crippen LogP contribution in [0.2, 0.25) is 0 Å². The zero-order valence-electron chi connectivity index (χ0n) is 31.8. The molecule has 1 aliphatic carbocycles. The molecular formula is C52H44O4. The molecule has 2 N–H and O–H groups in total. The third-order valence-corrected chi connectivity index (χ3v) is 11.4. The van der Waals surface area contributed by atoms with Gasteiger partial charge in [0.05, 0.1) is 18.6 Å². The van der Waals surface area contributed by atoms with Crippen molar-refractivity contribution in [2.45, 2.75) is 25.7 Å². The summed E-state index contributed by atoms with van der Waals surface area (Å²) in [6, 6.07) is 57.8. The summed E-state index contributed by atoms with van der Waals surface area (Å²) in [4.78, 5) is 0. The largest absolute Gasteiger partial charge is 0.491 e. The van der Waals surface area contributed by atoms with Crippen molar-refractivity contribution in [1.82, 2.24) is 0 Å². The predicted octanol–water partition coefficient (Wildman–Crippen LogP) is 11.3. The molecule has 8 aromatic rings. The standard InChI is InChI=1S/C52H44O4/c1-3-35-6-10-37(11-7-35)43-17-23-49-48-22-16-42(36-8-4-34(2)5-9-36)32-50(48)52(51(49)33-43,44-18-12-40-30-46(55-26-24-53)20-14-38(40)28-44)45-19-13-41-31-47(56-27-25-54)21-15-39(41)29-45/h4-23,28-33,53-54H,3,24-27H2,1-2H3. The van der Waals surface area contributed by atoms with Crippen molar-refractivity contribution in [2.24, 2.45) is 0 Å². The molecule has 276 valence electrons. The number of rotatable bonds is 11. The Morgan fingerprint density at radius 2 is 0.875 bits per heavy atom. The van der Waals surface area contributed by atoms with Crippen LogP contribution in [-0.4, -0.2) is 36.6 Å². The molecule has 0 spiro atoms. The highest BCUT2D eigenvalue weighted by Crippen LogP contribution is 2.58. The van der Waals surface area contributed by atoms with Crippen molar-refractivity contribution < 1.29 is 19.7 Å². The van der Waals surface area contributed by atoms with Crippen molar-refractivity contribution >= 4 is 21.5 Å². The van der Waals surface area contributed by atoms with Crippen molar-refractivity contribution in [3.63, 3.8) is 0 Å². The Labute approximate surface area is 328 Å². The van der Waals surface area contributed by atoms with Gasteiger partial charge >= 0.3 is 0 Å². The maximum Gasteiger partial charge on any atom is 0.120 e. The van der Waals surface area contributed by atoms with E-state index in [0.717, 1.165) is 39.5 Å². The van der Waals surface area contributed by atoms with Crippen molar-refractivity contribution in [1.29, 1.82) is 0 Å². The van der Waals surface area contributed by atoms with E-state index in [4.69, 9.17) is 9.47 Å². The summed E-state index contributed by atoms with van der Waals surface area (Å²) in [5.41, 5.74) is 13.9. The van der Waals surface area contributed by atoms with Crippen molar-refractivity contribution in [2.75, 3.05) is 26.4 Å². The molecule has 0 atom stereocenters. The zero-order valence-corrected chi connectivity index (χ0v) is 31.8. The second-order valence-electron chi connectivity index (χ2n) is 14.8. The van der Waals surface area contributed by atoms with E-state index in [2.05, 4.69) is 159 Å². The smallest absolute Gasteiger partial charge is 0.120 e. The molecule has 4 nitrogen and oxygen atoms in total. The van der Waals surface area contributed by atoms with E-state index in [1.165, 1.54) is 66.8 Å². The highest BCUT2D eigenvalue weighted by Gasteiger charge is 2.46. The summed E-state index contributed by atoms with van der Waals surface area (Å²) in [5.74, 6) is 1.48. The number of aliphatic hydroxyl groups excluding tert-OH is 2. The lowest BCUT2D eigenvalue weighted by Crippen LogP contribution is -2.28. The van der Waals surface area contributed by atoms with Crippen LogP contribution in [0.4, 0.5) is 0 Å². The van der Waals surface area contributed by atoms with Crippen LogP contribution in [0.5, 0.6) is 11.5 Å². The zero-order chi connectivity index (χ0) is 38.2. The summed E-state index contributed by atoms with van der Waals surface area (Å²) in [6.07, 6.45) is 1.00. The predicted molar refractivity (Wildman–Crippen MR) is 229 cm³/mol. The van der Waals surface area contributed by atoms with Gasteiger partial charge in [0.1, 0.15) is 24.7 Å². The quantitative estimate of drug-likeness (QED) is 0.139. The summed E-state index contributed by atoms with van der Waals surface area (Å²) in [5, 5.41) is 23.1. The van der Waals surface area contributed by atoms with E-state index < -0.39 is 5.41 Å². The van der Waals surface area contributed by atoms with E-state index in [0.29, 0.717) is 0 Å². The minimum Gasteiger partial charge on any atom is -0.491 e. The molecule has 0 radical (unpaired) electrons. The molecular weight excluding hydrogens is 689 g/mol. The normalized spacial score (nSPS) is 12.8. The Bertz CT molecular complexity index is 2620. The topological polar surface area (TPSA) is 58.9 Å². The first-order valence-corrected chi connectivity index (χ1v) is 19.5. The average molecular weight is 733 g/mol. The van der Waals surface area contributed by atoms with Crippen LogP contribution in [0.15, 0.2) is 158 Å². The van der Waals surface area contributed by atoms with Crippen LogP contribution in [0, 0.1) is 6.92 Å². The van der Waals surface area contributed by atoms with Gasteiger partial charge in [0.25, 0.3) is 0 Å². The molecule has 0 amide bonds. The number of ether oxygens (including phenoxy) is 2. The molecule has 0 heterocycles. The molecule has 0 fully saturated rings. The molecule has 0 saturated carbocycles. The average Bonchev–Trinajstić information content (AvgIpc) is 3.54. The molecule has 8 aromatic carbocycles. The molecule has 0 saturated heterocycles. The molecule has 9 rings (SSSR count). The molecule has 0 bridgehead atoms. The number of aliphatic hydroxyl groups is 2. The van der Waals surface area contributed by atoms with E-state index in [-0.39, 0.29) is 26.4 Å². The summed E-state index contributed by atoms with van der Waals surface area (Å²) in [6.45, 7) is 4.77. The van der Waals surface area contributed by atoms with Gasteiger partial charge in [-0.2, -0.15) is 0 Å². The Balaban J connectivity index is 1.34. The second kappa shape index (κ2) is 14.8. The first-order chi connectivity index (χ1) is 27.5. The van der Waals surface area contributed by atoms with Crippen LogP contribution in [0.1, 0.15) is 40.3 Å². The van der Waals surface area contributed by atoms with Crippen LogP contribution < -0.4 is 9.47 Å². The number of benzene rings is 8. The van der Waals surface area contributed by atoms with E-state index in [1.807, 2.05) is 12.1 Å². The van der Waals surface area contributed by atoms with Gasteiger partial charge in [0.2, 0.25) is 0 Å². The molecule has 56 heavy (non-hydrogen) atoms. The molecule has 0 aromatic heterocycles. The Morgan fingerprint density at radius 1 is 0.446 bits per heavy atom. The van der Waals surface area contributed by atoms with Crippen LogP contribution >= 0.6 is 0 Å². The van der Waals surface area contributed by atoms with Gasteiger partial charge in [0.15, 0.2) is 0 Å². The van der Waals surface area contributed by atoms with Gasteiger partial charge in [-0.3, -0.25) is 0 Å². The molecule has 0 aliphatic heterocycles. The summed E-state index contributed by atoms with van der Waals surface area (Å²) >= 11 is 0. The molecule has 0 unspecified atom stereocenters. The molecule has 4 heteroatoms. The van der Waals surface area contributed by atoms with Crippen LogP contribution in [-0.2, 0) is 11.8 Å². The Hall–Kier alpha value is -6.20. The lowest BCUT2D eigenvalue weighted by molar-refractivity contribution is 0.201. The van der Waals surface area contributed by atoms with Crippen LogP contribution in [0.25, 0.3) is 54.9 Å². The number of aryl methyl sites for hydroxylation is 2. The van der Waals surface area contributed by atoms with E-state index >= 15 is 0 Å². The van der Waals surface area contributed by atoms with Gasteiger partial charge in [-0.1, -0.05) is 122 Å². The SMILES string of the molecule is CCc1ccc(-c2ccc3c(c2)C(c2ccc4cc(OCCO)ccc4c2)(c2ccc4cc(OCCO)ccc4c2)c2cc(-c4ccc(C)cc4)ccc2-3)cc1. The first-order valence-electron chi connectivity index (χ1n) is 19.5. The van der Waals surface area contributed by atoms with Crippen LogP contribution in [0.3, 0.4) is 0 Å². The fraction of sp³-hybridized carbons (Fsp3) is 0.154. The van der Waals surface area contributed by atoms with E-state index in [1.54, 1.807) is 0 Å². The van der Waals surface area contributed by atoms with E-state index in [9.17, 15) is 10.2 Å². The van der Waals surface area contributed by atoms with Gasteiger partial charge in [-0.25, -0.2) is 0 Å². The lowest BCUT2D eigenvalue weighted by Gasteiger charge is -2.35. The highest BCUT2D eigenvalue weighted by molar-refractivity contribution is 5.94. The van der Waals surface area contributed by atoms with Crippen molar-refractivity contribution in [3.05, 3.63) is 191 Å². The van der Waals surface area contributed by atoms with Gasteiger partial charge in [-0.05, 0) is 145 Å². The maximum absolute atomic E-state index is 9.39. The fourth-order valence-electron chi connectivity index (χ4n) is 8.57. The molecule has 1 aliphatic rings. The minimum atomic E-state index is -0.675. The van der Waals surface area contributed by atoms with Gasteiger partial charge in [0, 0.05) is 0 Å². The second-order valence-corrected chi connectivity index (χ2v) is 14.8. The Kier molecular flexibility index (Phi) is 9.38. The third-order valence-electron chi connectivity index (χ3n) is 11.4. The van der Waals surface area contributed by atoms with Crippen molar-refractivity contribution in [3.8, 4) is 44.9 Å². The maximum atomic E-state index is 9.39. The minimum absolute atomic E-state index is 0.0314. The lowest BCUT2D eigenvalue weighted by atomic mass is 9.66. The summed E-state index contributed by atoms with van der Waals surface area (Å²) in [7, 11) is 0. The Morgan fingerprint density at radius 3 is 1.34 bits per heavy atom.